The van der Waals surface area contributed by atoms with Crippen LogP contribution < -0.4 is 26.1 Å². The van der Waals surface area contributed by atoms with Gasteiger partial charge in [-0.3, -0.25) is 19.3 Å². The number of Topliss-reactive ketones (excluding diaryl/α,β-unsaturated/α-hetero) is 1. The molecule has 0 aliphatic carbocycles. The number of aryl methyl sites for hydroxylation is 1. The number of ketones is 1. The molecule has 5 rings (SSSR count). The van der Waals surface area contributed by atoms with E-state index in [0.717, 1.165) is 30.8 Å². The molecular formula is C35H40N4O6. The Bertz CT molecular complexity index is 1700. The lowest BCUT2D eigenvalue weighted by molar-refractivity contribution is 0.0321. The number of nitrogens with two attached hydrogens (primary N) is 1. The third-order valence-electron chi connectivity index (χ3n) is 8.17. The fourth-order valence-electron chi connectivity index (χ4n) is 5.54. The number of fused-ring (bicyclic) bond motifs is 1. The average molecular weight is 613 g/mol. The molecule has 0 bridgehead atoms. The molecule has 1 fully saturated rings. The zero-order valence-electron chi connectivity index (χ0n) is 25.8. The van der Waals surface area contributed by atoms with Crippen molar-refractivity contribution in [2.45, 2.75) is 25.7 Å². The maximum absolute atomic E-state index is 13.4. The van der Waals surface area contributed by atoms with Crippen LogP contribution in [0.2, 0.25) is 0 Å². The van der Waals surface area contributed by atoms with Crippen molar-refractivity contribution in [3.8, 4) is 11.5 Å². The first-order valence-electron chi connectivity index (χ1n) is 15.2. The van der Waals surface area contributed by atoms with Crippen LogP contribution in [0.25, 0.3) is 10.9 Å². The number of hydrogen-bond acceptors (Lipinski definition) is 8. The molecule has 1 amide bonds. The second-order valence-corrected chi connectivity index (χ2v) is 11.2. The molecule has 10 nitrogen and oxygen atoms in total. The Balaban J connectivity index is 1.33. The predicted octanol–water partition coefficient (Wildman–Crippen LogP) is 4.51. The standard InChI is InChI=1S/C35H40N4O6/c1-23-8-9-26(31(40)20-25(10-11-36)24-6-4-3-5-7-24)19-29(23)37-34(41)28-18-27-21-33(32(43-2)22-30(27)38-35(28)42)45-17-14-39-12-15-44-16-13-39/h3-9,18-19,21-22,25H,10-17,20,36H2,1-2H3,(H,37,41)(H,38,42). The van der Waals surface area contributed by atoms with Crippen LogP contribution in [0.15, 0.2) is 71.5 Å². The molecule has 1 aliphatic rings. The minimum Gasteiger partial charge on any atom is -0.493 e. The van der Waals surface area contributed by atoms with Gasteiger partial charge in [0.1, 0.15) is 12.2 Å². The summed E-state index contributed by atoms with van der Waals surface area (Å²) in [6.07, 6.45) is 0.977. The van der Waals surface area contributed by atoms with Gasteiger partial charge in [-0.15, -0.1) is 0 Å². The molecule has 1 unspecified atom stereocenters. The first-order valence-corrected chi connectivity index (χ1v) is 15.2. The number of ether oxygens (including phenoxy) is 3. The summed E-state index contributed by atoms with van der Waals surface area (Å²) in [7, 11) is 1.54. The Morgan fingerprint density at radius 2 is 1.82 bits per heavy atom. The minimum atomic E-state index is -0.582. The Hall–Kier alpha value is -4.51. The highest BCUT2D eigenvalue weighted by Crippen LogP contribution is 2.32. The van der Waals surface area contributed by atoms with E-state index in [1.165, 1.54) is 7.11 Å². The van der Waals surface area contributed by atoms with E-state index in [2.05, 4.69) is 15.2 Å². The lowest BCUT2D eigenvalue weighted by atomic mass is 9.89. The van der Waals surface area contributed by atoms with E-state index in [-0.39, 0.29) is 17.3 Å². The molecule has 0 radical (unpaired) electrons. The zero-order chi connectivity index (χ0) is 31.8. The summed E-state index contributed by atoms with van der Waals surface area (Å²) in [5.41, 5.74) is 8.53. The van der Waals surface area contributed by atoms with E-state index in [1.54, 1.807) is 36.4 Å². The van der Waals surface area contributed by atoms with Crippen LogP contribution >= 0.6 is 0 Å². The predicted molar refractivity (Wildman–Crippen MR) is 175 cm³/mol. The lowest BCUT2D eigenvalue weighted by Crippen LogP contribution is -2.38. The second kappa shape index (κ2) is 15.0. The molecule has 1 atom stereocenters. The van der Waals surface area contributed by atoms with Gasteiger partial charge < -0.3 is 30.2 Å². The number of aromatic amines is 1. The largest absolute Gasteiger partial charge is 0.493 e. The maximum Gasteiger partial charge on any atom is 0.261 e. The van der Waals surface area contributed by atoms with Crippen molar-refractivity contribution in [3.05, 3.63) is 99.3 Å². The number of carbonyl (C=O) groups excluding carboxylic acids is 2. The van der Waals surface area contributed by atoms with Crippen LogP contribution in [-0.2, 0) is 4.74 Å². The van der Waals surface area contributed by atoms with Crippen molar-refractivity contribution in [3.63, 3.8) is 0 Å². The lowest BCUT2D eigenvalue weighted by Gasteiger charge is -2.26. The van der Waals surface area contributed by atoms with Gasteiger partial charge in [0.05, 0.1) is 25.8 Å². The van der Waals surface area contributed by atoms with Crippen LogP contribution in [0, 0.1) is 6.92 Å². The normalized spacial score (nSPS) is 14.2. The van der Waals surface area contributed by atoms with Crippen molar-refractivity contribution in [1.82, 2.24) is 9.88 Å². The Morgan fingerprint density at radius 1 is 1.04 bits per heavy atom. The fourth-order valence-corrected chi connectivity index (χ4v) is 5.54. The molecule has 0 spiro atoms. The fraction of sp³-hybridized carbons (Fsp3) is 0.343. The highest BCUT2D eigenvalue weighted by Gasteiger charge is 2.20. The summed E-state index contributed by atoms with van der Waals surface area (Å²) in [6, 6.07) is 20.1. The smallest absolute Gasteiger partial charge is 0.261 e. The van der Waals surface area contributed by atoms with Crippen molar-refractivity contribution in [2.75, 3.05) is 58.4 Å². The van der Waals surface area contributed by atoms with Crippen molar-refractivity contribution in [1.29, 1.82) is 0 Å². The average Bonchev–Trinajstić information content (AvgIpc) is 3.05. The number of hydrogen-bond donors (Lipinski definition) is 3. The van der Waals surface area contributed by atoms with Crippen molar-refractivity contribution >= 4 is 28.3 Å². The van der Waals surface area contributed by atoms with Gasteiger partial charge in [-0.2, -0.15) is 0 Å². The van der Waals surface area contributed by atoms with Gasteiger partial charge in [-0.05, 0) is 55.1 Å². The summed E-state index contributed by atoms with van der Waals surface area (Å²) in [5.74, 6) is 0.358. The van der Waals surface area contributed by atoms with E-state index >= 15 is 0 Å². The van der Waals surface area contributed by atoms with Crippen LogP contribution in [-0.4, -0.2) is 74.7 Å². The molecule has 1 aromatic heterocycles. The molecule has 45 heavy (non-hydrogen) atoms. The zero-order valence-corrected chi connectivity index (χ0v) is 25.8. The number of nitrogens with one attached hydrogen (secondary N) is 2. The van der Waals surface area contributed by atoms with Crippen molar-refractivity contribution in [2.24, 2.45) is 5.73 Å². The Labute approximate surface area is 262 Å². The number of morpholine rings is 1. The molecule has 1 aliphatic heterocycles. The molecule has 3 aromatic carbocycles. The Kier molecular flexibility index (Phi) is 10.6. The molecule has 4 aromatic rings. The van der Waals surface area contributed by atoms with Gasteiger partial charge in [0.25, 0.3) is 11.5 Å². The number of aromatic nitrogens is 1. The number of H-pyrrole nitrogens is 1. The number of carbonyl (C=O) groups is 2. The highest BCUT2D eigenvalue weighted by atomic mass is 16.5. The quantitative estimate of drug-likeness (QED) is 0.188. The molecule has 1 saturated heterocycles. The molecule has 0 saturated carbocycles. The van der Waals surface area contributed by atoms with Gasteiger partial charge in [0, 0.05) is 48.8 Å². The van der Waals surface area contributed by atoms with E-state index in [1.807, 2.05) is 37.3 Å². The first-order chi connectivity index (χ1) is 21.9. The van der Waals surface area contributed by atoms with E-state index in [0.29, 0.717) is 72.9 Å². The number of rotatable bonds is 13. The van der Waals surface area contributed by atoms with Crippen molar-refractivity contribution < 1.29 is 23.8 Å². The number of benzene rings is 3. The monoisotopic (exact) mass is 612 g/mol. The summed E-state index contributed by atoms with van der Waals surface area (Å²) in [4.78, 5) is 44.8. The van der Waals surface area contributed by atoms with E-state index in [9.17, 15) is 14.4 Å². The van der Waals surface area contributed by atoms with Crippen LogP contribution in [0.1, 0.15) is 50.6 Å². The van der Waals surface area contributed by atoms with Gasteiger partial charge in [0.15, 0.2) is 17.3 Å². The molecule has 10 heteroatoms. The van der Waals surface area contributed by atoms with Crippen LogP contribution in [0.4, 0.5) is 5.69 Å². The third kappa shape index (κ3) is 7.96. The highest BCUT2D eigenvalue weighted by molar-refractivity contribution is 6.07. The van der Waals surface area contributed by atoms with Gasteiger partial charge >= 0.3 is 0 Å². The molecule has 236 valence electrons. The number of nitrogens with zero attached hydrogens (tertiary/aromatic N) is 1. The van der Waals surface area contributed by atoms with Crippen LogP contribution in [0.5, 0.6) is 11.5 Å². The maximum atomic E-state index is 13.4. The van der Waals surface area contributed by atoms with Gasteiger partial charge in [-0.25, -0.2) is 0 Å². The summed E-state index contributed by atoms with van der Waals surface area (Å²) in [5, 5.41) is 3.46. The molecular weight excluding hydrogens is 572 g/mol. The summed E-state index contributed by atoms with van der Waals surface area (Å²) < 4.78 is 17.0. The summed E-state index contributed by atoms with van der Waals surface area (Å²) in [6.45, 7) is 6.63. The van der Waals surface area contributed by atoms with E-state index < -0.39 is 11.5 Å². The third-order valence-corrected chi connectivity index (χ3v) is 8.17. The van der Waals surface area contributed by atoms with Crippen LogP contribution in [0.3, 0.4) is 0 Å². The number of anilines is 1. The number of methoxy groups -OCH3 is 1. The topological polar surface area (TPSA) is 136 Å². The Morgan fingerprint density at radius 3 is 2.56 bits per heavy atom. The van der Waals surface area contributed by atoms with E-state index in [4.69, 9.17) is 19.9 Å². The SMILES string of the molecule is COc1cc2[nH]c(=O)c(C(=O)Nc3cc(C(=O)CC(CCN)c4ccccc4)ccc3C)cc2cc1OCCN1CCOCC1. The summed E-state index contributed by atoms with van der Waals surface area (Å²) >= 11 is 0. The molecule has 2 heterocycles. The number of amides is 1. The minimum absolute atomic E-state index is 0.00827. The first kappa shape index (κ1) is 31.9. The number of pyridine rings is 1. The second-order valence-electron chi connectivity index (χ2n) is 11.2. The van der Waals surface area contributed by atoms with Gasteiger partial charge in [0.2, 0.25) is 0 Å². The van der Waals surface area contributed by atoms with Gasteiger partial charge in [-0.1, -0.05) is 42.5 Å². The molecule has 4 N–H and O–H groups in total.